The quantitative estimate of drug-likeness (QED) is 0.804. The van der Waals surface area contributed by atoms with Crippen molar-refractivity contribution in [2.24, 2.45) is 0 Å². The summed E-state index contributed by atoms with van der Waals surface area (Å²) in [7, 11) is 4.03. The smallest absolute Gasteiger partial charge is 0.238 e. The number of nitrogens with zero attached hydrogens (tertiary/aromatic N) is 4. The first kappa shape index (κ1) is 17.8. The Hall–Kier alpha value is -1.98. The highest BCUT2D eigenvalue weighted by atomic mass is 16.5. The lowest BCUT2D eigenvalue weighted by molar-refractivity contribution is 0.331. The van der Waals surface area contributed by atoms with Crippen LogP contribution in [-0.4, -0.2) is 47.0 Å². The number of aromatic nitrogens is 2. The minimum atomic E-state index is 0.554. The minimum absolute atomic E-state index is 0.554. The molecule has 2 aromatic rings. The maximum absolute atomic E-state index is 6.08. The lowest BCUT2D eigenvalue weighted by Gasteiger charge is -2.18. The predicted molar refractivity (Wildman–Crippen MR) is 99.9 cm³/mol. The standard InChI is InChI=1S/C20H28N4O/c1-15-9-17(13-24-7-5-6-8-24)10-16(2)20(15)25-19-12-21-11-18(22-19)14-23(3)4/h9-12H,5-8,13-14H2,1-4H3. The van der Waals surface area contributed by atoms with Crippen molar-refractivity contribution in [2.45, 2.75) is 39.8 Å². The van der Waals surface area contributed by atoms with Crippen LogP contribution in [0.1, 0.15) is 35.2 Å². The zero-order valence-corrected chi connectivity index (χ0v) is 15.7. The van der Waals surface area contributed by atoms with Gasteiger partial charge >= 0.3 is 0 Å². The highest BCUT2D eigenvalue weighted by Gasteiger charge is 2.14. The third-order valence-corrected chi connectivity index (χ3v) is 4.47. The van der Waals surface area contributed by atoms with E-state index in [4.69, 9.17) is 4.74 Å². The molecule has 0 unspecified atom stereocenters. The highest BCUT2D eigenvalue weighted by molar-refractivity contribution is 5.45. The lowest BCUT2D eigenvalue weighted by atomic mass is 10.1. The van der Waals surface area contributed by atoms with Crippen molar-refractivity contribution < 1.29 is 4.74 Å². The van der Waals surface area contributed by atoms with Crippen molar-refractivity contribution in [1.82, 2.24) is 19.8 Å². The molecule has 0 saturated carbocycles. The van der Waals surface area contributed by atoms with E-state index in [0.29, 0.717) is 5.88 Å². The molecule has 0 atom stereocenters. The van der Waals surface area contributed by atoms with E-state index in [1.165, 1.54) is 31.5 Å². The van der Waals surface area contributed by atoms with Crippen LogP contribution in [0.4, 0.5) is 0 Å². The molecule has 1 aliphatic rings. The van der Waals surface area contributed by atoms with Gasteiger partial charge in [0.05, 0.1) is 11.9 Å². The van der Waals surface area contributed by atoms with Crippen molar-refractivity contribution >= 4 is 0 Å². The fourth-order valence-corrected chi connectivity index (χ4v) is 3.43. The second-order valence-electron chi connectivity index (χ2n) is 7.23. The summed E-state index contributed by atoms with van der Waals surface area (Å²) in [4.78, 5) is 13.4. The Bertz CT molecular complexity index is 700. The van der Waals surface area contributed by atoms with Gasteiger partial charge in [0.25, 0.3) is 0 Å². The van der Waals surface area contributed by atoms with E-state index in [2.05, 4.69) is 45.7 Å². The molecular weight excluding hydrogens is 312 g/mol. The van der Waals surface area contributed by atoms with Crippen molar-refractivity contribution in [3.63, 3.8) is 0 Å². The van der Waals surface area contributed by atoms with Crippen LogP contribution < -0.4 is 4.74 Å². The molecular formula is C20H28N4O. The van der Waals surface area contributed by atoms with Crippen molar-refractivity contribution in [2.75, 3.05) is 27.2 Å². The molecule has 2 heterocycles. The molecule has 0 N–H and O–H groups in total. The van der Waals surface area contributed by atoms with Crippen LogP contribution >= 0.6 is 0 Å². The van der Waals surface area contributed by atoms with E-state index in [1.807, 2.05) is 14.1 Å². The molecule has 1 aromatic heterocycles. The van der Waals surface area contributed by atoms with Gasteiger partial charge in [-0.15, -0.1) is 0 Å². The van der Waals surface area contributed by atoms with Crippen LogP contribution in [0.3, 0.4) is 0 Å². The first-order valence-corrected chi connectivity index (χ1v) is 8.97. The summed E-state index contributed by atoms with van der Waals surface area (Å²) in [6.07, 6.45) is 6.10. The van der Waals surface area contributed by atoms with Crippen LogP contribution in [0, 0.1) is 13.8 Å². The van der Waals surface area contributed by atoms with Gasteiger partial charge in [-0.25, -0.2) is 4.98 Å². The molecule has 0 aliphatic carbocycles. The monoisotopic (exact) mass is 340 g/mol. The molecule has 5 nitrogen and oxygen atoms in total. The van der Waals surface area contributed by atoms with Gasteiger partial charge in [-0.3, -0.25) is 9.88 Å². The van der Waals surface area contributed by atoms with Crippen molar-refractivity contribution in [1.29, 1.82) is 0 Å². The van der Waals surface area contributed by atoms with Gasteiger partial charge in [-0.2, -0.15) is 0 Å². The summed E-state index contributed by atoms with van der Waals surface area (Å²) in [6, 6.07) is 4.47. The second kappa shape index (κ2) is 7.93. The summed E-state index contributed by atoms with van der Waals surface area (Å²) >= 11 is 0. The zero-order valence-electron chi connectivity index (χ0n) is 15.7. The van der Waals surface area contributed by atoms with Crippen LogP contribution in [0.15, 0.2) is 24.5 Å². The third kappa shape index (κ3) is 4.77. The maximum Gasteiger partial charge on any atom is 0.238 e. The molecule has 5 heteroatoms. The fraction of sp³-hybridized carbons (Fsp3) is 0.500. The number of benzene rings is 1. The lowest BCUT2D eigenvalue weighted by Crippen LogP contribution is -2.18. The van der Waals surface area contributed by atoms with Crippen molar-refractivity contribution in [3.8, 4) is 11.6 Å². The Morgan fingerprint density at radius 2 is 1.76 bits per heavy atom. The number of hydrogen-bond donors (Lipinski definition) is 0. The molecule has 1 aliphatic heterocycles. The van der Waals surface area contributed by atoms with E-state index < -0.39 is 0 Å². The van der Waals surface area contributed by atoms with Gasteiger partial charge in [0, 0.05) is 19.3 Å². The van der Waals surface area contributed by atoms with E-state index in [0.717, 1.165) is 35.7 Å². The largest absolute Gasteiger partial charge is 0.437 e. The molecule has 25 heavy (non-hydrogen) atoms. The molecule has 1 fully saturated rings. The highest BCUT2D eigenvalue weighted by Crippen LogP contribution is 2.29. The van der Waals surface area contributed by atoms with E-state index in [1.54, 1.807) is 12.4 Å². The molecule has 1 saturated heterocycles. The van der Waals surface area contributed by atoms with Crippen LogP contribution in [-0.2, 0) is 13.1 Å². The van der Waals surface area contributed by atoms with Crippen LogP contribution in [0.2, 0.25) is 0 Å². The summed E-state index contributed by atoms with van der Waals surface area (Å²) in [5.41, 5.74) is 4.56. The number of likely N-dealkylation sites (tertiary alicyclic amines) is 1. The molecule has 0 bridgehead atoms. The zero-order chi connectivity index (χ0) is 17.8. The fourth-order valence-electron chi connectivity index (χ4n) is 3.43. The normalized spacial score (nSPS) is 15.1. The first-order valence-electron chi connectivity index (χ1n) is 8.97. The summed E-state index contributed by atoms with van der Waals surface area (Å²) in [5, 5.41) is 0. The van der Waals surface area contributed by atoms with Gasteiger partial charge in [-0.1, -0.05) is 12.1 Å². The van der Waals surface area contributed by atoms with E-state index in [9.17, 15) is 0 Å². The Balaban J connectivity index is 1.76. The Labute approximate surface area is 150 Å². The third-order valence-electron chi connectivity index (χ3n) is 4.47. The topological polar surface area (TPSA) is 41.5 Å². The van der Waals surface area contributed by atoms with Gasteiger partial charge in [0.2, 0.25) is 5.88 Å². The van der Waals surface area contributed by atoms with Gasteiger partial charge in [0.1, 0.15) is 5.75 Å². The molecule has 0 amide bonds. The molecule has 0 spiro atoms. The summed E-state index contributed by atoms with van der Waals surface area (Å²) in [5.74, 6) is 1.44. The van der Waals surface area contributed by atoms with Gasteiger partial charge in [-0.05, 0) is 70.6 Å². The number of rotatable bonds is 6. The first-order chi connectivity index (χ1) is 12.0. The average Bonchev–Trinajstić information content (AvgIpc) is 3.03. The minimum Gasteiger partial charge on any atom is -0.437 e. The predicted octanol–water partition coefficient (Wildman–Crippen LogP) is 3.54. The van der Waals surface area contributed by atoms with Crippen LogP contribution in [0.25, 0.3) is 0 Å². The Morgan fingerprint density at radius 1 is 1.08 bits per heavy atom. The number of ether oxygens (including phenoxy) is 1. The molecule has 1 aromatic carbocycles. The van der Waals surface area contributed by atoms with Crippen molar-refractivity contribution in [3.05, 3.63) is 46.9 Å². The number of hydrogen-bond acceptors (Lipinski definition) is 5. The average molecular weight is 340 g/mol. The summed E-state index contributed by atoms with van der Waals surface area (Å²) in [6.45, 7) is 8.41. The van der Waals surface area contributed by atoms with Gasteiger partial charge in [0.15, 0.2) is 0 Å². The van der Waals surface area contributed by atoms with Gasteiger partial charge < -0.3 is 9.64 Å². The Morgan fingerprint density at radius 3 is 2.40 bits per heavy atom. The molecule has 3 rings (SSSR count). The molecule has 0 radical (unpaired) electrons. The maximum atomic E-state index is 6.08. The SMILES string of the molecule is Cc1cc(CN2CCCC2)cc(C)c1Oc1cncc(CN(C)C)n1. The van der Waals surface area contributed by atoms with Crippen LogP contribution in [0.5, 0.6) is 11.6 Å². The molecule has 134 valence electrons. The van der Waals surface area contributed by atoms with E-state index in [-0.39, 0.29) is 0 Å². The summed E-state index contributed by atoms with van der Waals surface area (Å²) < 4.78 is 6.08. The van der Waals surface area contributed by atoms with E-state index >= 15 is 0 Å². The second-order valence-corrected chi connectivity index (χ2v) is 7.23. The number of aryl methyl sites for hydroxylation is 2. The Kier molecular flexibility index (Phi) is 5.66.